The summed E-state index contributed by atoms with van der Waals surface area (Å²) in [4.78, 5) is 12.6. The molecule has 0 bridgehead atoms. The lowest BCUT2D eigenvalue weighted by Crippen LogP contribution is -2.18. The average molecular weight is 237 g/mol. The lowest BCUT2D eigenvalue weighted by molar-refractivity contribution is -0.392. The molecule has 16 heavy (non-hydrogen) atoms. The molecule has 1 fully saturated rings. The molecule has 2 rings (SSSR count). The molecule has 0 aromatic carbocycles. The molecule has 88 valence electrons. The van der Waals surface area contributed by atoms with Crippen LogP contribution >= 0.6 is 0 Å². The van der Waals surface area contributed by atoms with Crippen molar-refractivity contribution in [2.24, 2.45) is 0 Å². The van der Waals surface area contributed by atoms with Crippen LogP contribution in [0.2, 0.25) is 0 Å². The van der Waals surface area contributed by atoms with Crippen LogP contribution in [0.5, 0.6) is 0 Å². The number of nitro groups is 1. The molecule has 6 nitrogen and oxygen atoms in total. The number of hydrogen-bond donors (Lipinski definition) is 0. The predicted octanol–water partition coefficient (Wildman–Crippen LogP) is 1.21. The summed E-state index contributed by atoms with van der Waals surface area (Å²) >= 11 is 0. The molecule has 0 unspecified atom stereocenters. The Kier molecular flexibility index (Phi) is 2.34. The van der Waals surface area contributed by atoms with Crippen LogP contribution in [0.1, 0.15) is 5.82 Å². The molecule has 1 aromatic rings. The SMILES string of the molecule is O=[N+]([O-])c1cnc(C(F)(F)F)n1C[C@H]1CO1. The van der Waals surface area contributed by atoms with Crippen molar-refractivity contribution in [2.75, 3.05) is 6.61 Å². The third-order valence-electron chi connectivity index (χ3n) is 2.06. The fourth-order valence-corrected chi connectivity index (χ4v) is 1.30. The summed E-state index contributed by atoms with van der Waals surface area (Å²) in [5, 5.41) is 10.5. The first kappa shape index (κ1) is 10.9. The number of halogens is 3. The van der Waals surface area contributed by atoms with Crippen LogP contribution in [0, 0.1) is 10.1 Å². The van der Waals surface area contributed by atoms with E-state index in [4.69, 9.17) is 4.74 Å². The number of epoxide rings is 1. The smallest absolute Gasteiger partial charge is 0.369 e. The molecule has 1 saturated heterocycles. The molecule has 0 saturated carbocycles. The minimum atomic E-state index is -4.71. The van der Waals surface area contributed by atoms with Crippen LogP contribution < -0.4 is 0 Å². The molecular weight excluding hydrogens is 231 g/mol. The van der Waals surface area contributed by atoms with E-state index in [2.05, 4.69) is 4.98 Å². The standard InChI is InChI=1S/C7H6F3N3O3/c8-7(9,10)6-11-1-5(13(14)15)12(6)2-4-3-16-4/h1,4H,2-3H2/t4-/m0/s1. The van der Waals surface area contributed by atoms with Crippen LogP contribution in [-0.4, -0.2) is 27.2 Å². The van der Waals surface area contributed by atoms with Crippen LogP contribution in [-0.2, 0) is 17.5 Å². The molecule has 1 aromatic heterocycles. The van der Waals surface area contributed by atoms with Crippen molar-refractivity contribution in [3.63, 3.8) is 0 Å². The van der Waals surface area contributed by atoms with Crippen molar-refractivity contribution in [1.82, 2.24) is 9.55 Å². The van der Waals surface area contributed by atoms with Crippen molar-refractivity contribution < 1.29 is 22.8 Å². The quantitative estimate of drug-likeness (QED) is 0.450. The second-order valence-electron chi connectivity index (χ2n) is 3.26. The summed E-state index contributed by atoms with van der Waals surface area (Å²) in [6.45, 7) is 0.109. The Hall–Kier alpha value is -1.64. The Balaban J connectivity index is 2.40. The highest BCUT2D eigenvalue weighted by atomic mass is 19.4. The third-order valence-corrected chi connectivity index (χ3v) is 2.06. The Morgan fingerprint density at radius 3 is 2.75 bits per heavy atom. The second-order valence-corrected chi connectivity index (χ2v) is 3.26. The summed E-state index contributed by atoms with van der Waals surface area (Å²) in [6.07, 6.45) is -4.50. The Labute approximate surface area is 86.8 Å². The number of rotatable bonds is 3. The number of nitrogens with zero attached hydrogens (tertiary/aromatic N) is 3. The van der Waals surface area contributed by atoms with Gasteiger partial charge in [-0.3, -0.25) is 0 Å². The van der Waals surface area contributed by atoms with E-state index in [0.717, 1.165) is 0 Å². The topological polar surface area (TPSA) is 73.5 Å². The average Bonchev–Trinajstić information content (AvgIpc) is 2.80. The number of imidazole rings is 1. The molecule has 0 aliphatic carbocycles. The lowest BCUT2D eigenvalue weighted by atomic mass is 10.4. The van der Waals surface area contributed by atoms with Gasteiger partial charge in [-0.25, -0.2) is 4.98 Å². The van der Waals surface area contributed by atoms with Gasteiger partial charge < -0.3 is 14.9 Å². The van der Waals surface area contributed by atoms with Gasteiger partial charge in [-0.2, -0.15) is 17.7 Å². The minimum absolute atomic E-state index is 0.203. The van der Waals surface area contributed by atoms with Gasteiger partial charge in [-0.1, -0.05) is 0 Å². The van der Waals surface area contributed by atoms with Gasteiger partial charge in [-0.15, -0.1) is 0 Å². The van der Waals surface area contributed by atoms with Crippen LogP contribution in [0.15, 0.2) is 6.20 Å². The highest BCUT2D eigenvalue weighted by Crippen LogP contribution is 2.32. The van der Waals surface area contributed by atoms with Gasteiger partial charge in [0.25, 0.3) is 0 Å². The van der Waals surface area contributed by atoms with Gasteiger partial charge in [0.2, 0.25) is 0 Å². The molecule has 0 N–H and O–H groups in total. The summed E-state index contributed by atoms with van der Waals surface area (Å²) in [5.41, 5.74) is 0. The van der Waals surface area contributed by atoms with Crippen molar-refractivity contribution in [3.8, 4) is 0 Å². The summed E-state index contributed by atoms with van der Waals surface area (Å²) in [6, 6.07) is 0. The molecule has 1 aliphatic rings. The monoisotopic (exact) mass is 237 g/mol. The Bertz CT molecular complexity index is 424. The molecule has 1 atom stereocenters. The van der Waals surface area contributed by atoms with Crippen molar-refractivity contribution in [1.29, 1.82) is 0 Å². The Morgan fingerprint density at radius 1 is 1.69 bits per heavy atom. The number of hydrogen-bond acceptors (Lipinski definition) is 4. The highest BCUT2D eigenvalue weighted by molar-refractivity contribution is 5.21. The van der Waals surface area contributed by atoms with Crippen LogP contribution in [0.4, 0.5) is 19.0 Å². The predicted molar refractivity (Wildman–Crippen MR) is 43.6 cm³/mol. The molecule has 0 amide bonds. The van der Waals surface area contributed by atoms with Gasteiger partial charge in [0.05, 0.1) is 6.61 Å². The molecule has 1 aliphatic heterocycles. The van der Waals surface area contributed by atoms with Crippen molar-refractivity contribution in [2.45, 2.75) is 18.8 Å². The maximum Gasteiger partial charge on any atom is 0.473 e. The zero-order valence-corrected chi connectivity index (χ0v) is 7.77. The summed E-state index contributed by atoms with van der Waals surface area (Å²) in [7, 11) is 0. The number of alkyl halides is 3. The Morgan fingerprint density at radius 2 is 2.31 bits per heavy atom. The second kappa shape index (κ2) is 3.44. The zero-order chi connectivity index (χ0) is 11.9. The van der Waals surface area contributed by atoms with E-state index in [1.54, 1.807) is 0 Å². The zero-order valence-electron chi connectivity index (χ0n) is 7.77. The lowest BCUT2D eigenvalue weighted by Gasteiger charge is -2.05. The van der Waals surface area contributed by atoms with E-state index in [9.17, 15) is 23.3 Å². The van der Waals surface area contributed by atoms with E-state index in [-0.39, 0.29) is 6.54 Å². The number of ether oxygens (including phenoxy) is 1. The molecule has 2 heterocycles. The molecular formula is C7H6F3N3O3. The normalized spacial score (nSPS) is 19.8. The summed E-state index contributed by atoms with van der Waals surface area (Å²) in [5.74, 6) is -1.95. The summed E-state index contributed by atoms with van der Waals surface area (Å²) < 4.78 is 42.6. The van der Waals surface area contributed by atoms with E-state index in [1.807, 2.05) is 0 Å². The molecule has 9 heteroatoms. The molecule has 0 radical (unpaired) electrons. The van der Waals surface area contributed by atoms with Crippen molar-refractivity contribution >= 4 is 5.82 Å². The van der Waals surface area contributed by atoms with Gasteiger partial charge in [-0.05, 0) is 4.92 Å². The maximum atomic E-state index is 12.4. The minimum Gasteiger partial charge on any atom is -0.369 e. The van der Waals surface area contributed by atoms with Crippen molar-refractivity contribution in [3.05, 3.63) is 22.1 Å². The fourth-order valence-electron chi connectivity index (χ4n) is 1.30. The van der Waals surface area contributed by atoms with Crippen LogP contribution in [0.25, 0.3) is 0 Å². The first-order chi connectivity index (χ1) is 7.39. The van der Waals surface area contributed by atoms with E-state index in [0.29, 0.717) is 17.4 Å². The third kappa shape index (κ3) is 1.98. The fraction of sp³-hybridized carbons (Fsp3) is 0.571. The van der Waals surface area contributed by atoms with Gasteiger partial charge in [0, 0.05) is 0 Å². The van der Waals surface area contributed by atoms with E-state index in [1.165, 1.54) is 0 Å². The van der Waals surface area contributed by atoms with Gasteiger partial charge in [0.15, 0.2) is 0 Å². The van der Waals surface area contributed by atoms with Gasteiger partial charge in [0.1, 0.15) is 18.8 Å². The number of aromatic nitrogens is 2. The van der Waals surface area contributed by atoms with Crippen LogP contribution in [0.3, 0.4) is 0 Å². The van der Waals surface area contributed by atoms with Gasteiger partial charge >= 0.3 is 17.8 Å². The van der Waals surface area contributed by atoms with E-state index < -0.39 is 28.8 Å². The first-order valence-corrected chi connectivity index (χ1v) is 4.28. The largest absolute Gasteiger partial charge is 0.473 e. The van der Waals surface area contributed by atoms with E-state index >= 15 is 0 Å². The maximum absolute atomic E-state index is 12.4. The first-order valence-electron chi connectivity index (χ1n) is 4.28. The highest BCUT2D eigenvalue weighted by Gasteiger charge is 2.44. The molecule has 0 spiro atoms.